The molecule has 0 saturated carbocycles. The third-order valence-corrected chi connectivity index (χ3v) is 1.14. The number of morpholine rings is 1. The standard InChI is InChI=1S/C5H9NO2.C3H8/c1-4-5(7)6-2-3-8-4;1-3-2/h4H,2-3H2,1H3,(H,6,7);3H2,1-2H3. The first-order valence-electron chi connectivity index (χ1n) is 4.11. The summed E-state index contributed by atoms with van der Waals surface area (Å²) in [5, 5.41) is 2.67. The van der Waals surface area contributed by atoms with Crippen LogP contribution in [-0.4, -0.2) is 25.2 Å². The number of hydrogen-bond donors (Lipinski definition) is 1. The highest BCUT2D eigenvalue weighted by Gasteiger charge is 2.15. The van der Waals surface area contributed by atoms with Crippen molar-refractivity contribution in [3.63, 3.8) is 0 Å². The molecule has 0 radical (unpaired) electrons. The highest BCUT2D eigenvalue weighted by atomic mass is 16.5. The third-order valence-electron chi connectivity index (χ3n) is 1.14. The monoisotopic (exact) mass is 159 g/mol. The molecule has 3 heteroatoms. The molecule has 0 bridgehead atoms. The van der Waals surface area contributed by atoms with Crippen LogP contribution in [0.3, 0.4) is 0 Å². The van der Waals surface area contributed by atoms with Crippen LogP contribution in [0.5, 0.6) is 0 Å². The summed E-state index contributed by atoms with van der Waals surface area (Å²) in [4.78, 5) is 10.6. The normalized spacial score (nSPS) is 23.2. The lowest BCUT2D eigenvalue weighted by atomic mass is 10.3. The van der Waals surface area contributed by atoms with E-state index in [9.17, 15) is 4.79 Å². The number of carbonyl (C=O) groups excluding carboxylic acids is 1. The van der Waals surface area contributed by atoms with E-state index in [0.717, 1.165) is 0 Å². The molecule has 1 aliphatic heterocycles. The summed E-state index contributed by atoms with van der Waals surface area (Å²) < 4.78 is 4.98. The van der Waals surface area contributed by atoms with Gasteiger partial charge in [-0.1, -0.05) is 20.3 Å². The largest absolute Gasteiger partial charge is 0.367 e. The molecular weight excluding hydrogens is 142 g/mol. The van der Waals surface area contributed by atoms with Crippen molar-refractivity contribution in [1.29, 1.82) is 0 Å². The van der Waals surface area contributed by atoms with Crippen LogP contribution in [0.4, 0.5) is 0 Å². The summed E-state index contributed by atoms with van der Waals surface area (Å²) in [5.74, 6) is -0.00347. The molecule has 11 heavy (non-hydrogen) atoms. The second-order valence-corrected chi connectivity index (χ2v) is 2.51. The highest BCUT2D eigenvalue weighted by Crippen LogP contribution is 1.93. The minimum absolute atomic E-state index is 0.00347. The molecule has 1 rings (SSSR count). The van der Waals surface area contributed by atoms with Crippen molar-refractivity contribution in [3.05, 3.63) is 0 Å². The van der Waals surface area contributed by atoms with Crippen LogP contribution >= 0.6 is 0 Å². The number of nitrogens with one attached hydrogen (secondary N) is 1. The van der Waals surface area contributed by atoms with Crippen LogP contribution in [-0.2, 0) is 9.53 Å². The number of carbonyl (C=O) groups is 1. The van der Waals surface area contributed by atoms with E-state index in [2.05, 4.69) is 19.2 Å². The van der Waals surface area contributed by atoms with Crippen LogP contribution in [0.2, 0.25) is 0 Å². The van der Waals surface area contributed by atoms with Gasteiger partial charge >= 0.3 is 0 Å². The molecule has 1 heterocycles. The van der Waals surface area contributed by atoms with Gasteiger partial charge in [0.2, 0.25) is 5.91 Å². The van der Waals surface area contributed by atoms with Crippen molar-refractivity contribution in [2.45, 2.75) is 33.3 Å². The molecule has 1 saturated heterocycles. The molecule has 0 spiro atoms. The van der Waals surface area contributed by atoms with Crippen LogP contribution in [0.1, 0.15) is 27.2 Å². The van der Waals surface area contributed by atoms with Crippen molar-refractivity contribution in [2.24, 2.45) is 0 Å². The van der Waals surface area contributed by atoms with Crippen molar-refractivity contribution in [1.82, 2.24) is 5.32 Å². The fraction of sp³-hybridized carbons (Fsp3) is 0.875. The summed E-state index contributed by atoms with van der Waals surface area (Å²) in [6, 6.07) is 0. The number of hydrogen-bond acceptors (Lipinski definition) is 2. The Labute approximate surface area is 68.1 Å². The maximum absolute atomic E-state index is 10.6. The van der Waals surface area contributed by atoms with E-state index in [0.29, 0.717) is 13.2 Å². The Kier molecular flexibility index (Phi) is 5.84. The number of amides is 1. The van der Waals surface area contributed by atoms with E-state index in [4.69, 9.17) is 4.74 Å². The molecule has 0 aromatic carbocycles. The Morgan fingerprint density at radius 2 is 2.18 bits per heavy atom. The van der Waals surface area contributed by atoms with E-state index in [1.54, 1.807) is 6.92 Å². The Hall–Kier alpha value is -0.570. The van der Waals surface area contributed by atoms with Gasteiger partial charge in [-0.2, -0.15) is 0 Å². The van der Waals surface area contributed by atoms with Crippen LogP contribution in [0, 0.1) is 0 Å². The number of rotatable bonds is 0. The first-order valence-corrected chi connectivity index (χ1v) is 4.11. The van der Waals surface area contributed by atoms with E-state index in [-0.39, 0.29) is 12.0 Å². The Balaban J connectivity index is 0.000000292. The first-order chi connectivity index (χ1) is 5.22. The van der Waals surface area contributed by atoms with E-state index >= 15 is 0 Å². The van der Waals surface area contributed by atoms with E-state index in [1.165, 1.54) is 6.42 Å². The van der Waals surface area contributed by atoms with Gasteiger partial charge in [-0.25, -0.2) is 0 Å². The molecule has 0 aromatic heterocycles. The van der Waals surface area contributed by atoms with Gasteiger partial charge in [-0.15, -0.1) is 0 Å². The van der Waals surface area contributed by atoms with Gasteiger partial charge < -0.3 is 10.1 Å². The topological polar surface area (TPSA) is 38.3 Å². The molecule has 1 fully saturated rings. The number of ether oxygens (including phenoxy) is 1. The minimum Gasteiger partial charge on any atom is -0.367 e. The van der Waals surface area contributed by atoms with Crippen molar-refractivity contribution >= 4 is 5.91 Å². The first kappa shape index (κ1) is 10.4. The van der Waals surface area contributed by atoms with Gasteiger partial charge in [0, 0.05) is 6.54 Å². The van der Waals surface area contributed by atoms with Gasteiger partial charge in [0.1, 0.15) is 6.10 Å². The SMILES string of the molecule is CC1OCCNC1=O.CCC. The third kappa shape index (κ3) is 4.79. The second-order valence-electron chi connectivity index (χ2n) is 2.51. The van der Waals surface area contributed by atoms with Gasteiger partial charge in [0.15, 0.2) is 0 Å². The minimum atomic E-state index is -0.247. The summed E-state index contributed by atoms with van der Waals surface area (Å²) in [5.41, 5.74) is 0. The molecule has 0 aromatic rings. The maximum atomic E-state index is 10.6. The van der Waals surface area contributed by atoms with Gasteiger partial charge in [-0.3, -0.25) is 4.79 Å². The molecular formula is C8H17NO2. The zero-order valence-corrected chi connectivity index (χ0v) is 7.52. The van der Waals surface area contributed by atoms with Gasteiger partial charge in [0.25, 0.3) is 0 Å². The molecule has 1 atom stereocenters. The van der Waals surface area contributed by atoms with Crippen molar-refractivity contribution in [2.75, 3.05) is 13.2 Å². The Bertz CT molecular complexity index is 115. The highest BCUT2D eigenvalue weighted by molar-refractivity contribution is 5.80. The quantitative estimate of drug-likeness (QED) is 0.571. The lowest BCUT2D eigenvalue weighted by Crippen LogP contribution is -2.42. The molecule has 1 unspecified atom stereocenters. The summed E-state index contributed by atoms with van der Waals surface area (Å²) in [6.45, 7) is 7.30. The molecule has 1 N–H and O–H groups in total. The zero-order valence-electron chi connectivity index (χ0n) is 7.52. The average molecular weight is 159 g/mol. The fourth-order valence-corrected chi connectivity index (χ4v) is 0.629. The average Bonchev–Trinajstić information content (AvgIpc) is 1.97. The van der Waals surface area contributed by atoms with Gasteiger partial charge in [-0.05, 0) is 6.92 Å². The van der Waals surface area contributed by atoms with Crippen LogP contribution < -0.4 is 5.32 Å². The molecule has 1 aliphatic rings. The lowest BCUT2D eigenvalue weighted by molar-refractivity contribution is -0.136. The fourth-order valence-electron chi connectivity index (χ4n) is 0.629. The summed E-state index contributed by atoms with van der Waals surface area (Å²) in [7, 11) is 0. The van der Waals surface area contributed by atoms with E-state index in [1.807, 2.05) is 0 Å². The predicted octanol–water partition coefficient (Wildman–Crippen LogP) is 0.938. The van der Waals surface area contributed by atoms with Crippen molar-refractivity contribution < 1.29 is 9.53 Å². The molecule has 66 valence electrons. The van der Waals surface area contributed by atoms with Crippen LogP contribution in [0.15, 0.2) is 0 Å². The summed E-state index contributed by atoms with van der Waals surface area (Å²) in [6.07, 6.45) is 1.00. The predicted molar refractivity (Wildman–Crippen MR) is 44.4 cm³/mol. The van der Waals surface area contributed by atoms with Crippen LogP contribution in [0.25, 0.3) is 0 Å². The van der Waals surface area contributed by atoms with E-state index < -0.39 is 0 Å². The lowest BCUT2D eigenvalue weighted by Gasteiger charge is -2.18. The smallest absolute Gasteiger partial charge is 0.248 e. The zero-order chi connectivity index (χ0) is 8.69. The molecule has 1 amide bonds. The second kappa shape index (κ2) is 6.16. The molecule has 3 nitrogen and oxygen atoms in total. The maximum Gasteiger partial charge on any atom is 0.248 e. The molecule has 0 aliphatic carbocycles. The Morgan fingerprint density at radius 1 is 1.64 bits per heavy atom. The van der Waals surface area contributed by atoms with Gasteiger partial charge in [0.05, 0.1) is 6.61 Å². The Morgan fingerprint density at radius 3 is 2.45 bits per heavy atom. The van der Waals surface area contributed by atoms with Crippen molar-refractivity contribution in [3.8, 4) is 0 Å². The summed E-state index contributed by atoms with van der Waals surface area (Å²) >= 11 is 0.